The fraction of sp³-hybridized carbons (Fsp3) is 0.500. The van der Waals surface area contributed by atoms with Crippen LogP contribution in [0.1, 0.15) is 31.1 Å². The van der Waals surface area contributed by atoms with Crippen molar-refractivity contribution in [2.75, 3.05) is 63.9 Å². The Labute approximate surface area is 218 Å². The van der Waals surface area contributed by atoms with Crippen LogP contribution in [-0.4, -0.2) is 83.9 Å². The van der Waals surface area contributed by atoms with E-state index >= 15 is 0 Å². The quantitative estimate of drug-likeness (QED) is 0.331. The van der Waals surface area contributed by atoms with Crippen LogP contribution in [0.15, 0.2) is 42.5 Å². The summed E-state index contributed by atoms with van der Waals surface area (Å²) in [5.41, 5.74) is 1.82. The molecule has 3 aromatic rings. The molecule has 2 saturated heterocycles. The number of nitrogens with zero attached hydrogens (tertiary/aromatic N) is 5. The number of ether oxygens (including phenoxy) is 1. The first-order chi connectivity index (χ1) is 17.7. The van der Waals surface area contributed by atoms with Crippen LogP contribution in [0.4, 0.5) is 5.82 Å². The predicted octanol–water partition coefficient (Wildman–Crippen LogP) is 4.76. The number of allylic oxidation sites excluding steroid dienone is 2. The van der Waals surface area contributed by atoms with Crippen molar-refractivity contribution in [2.24, 2.45) is 0 Å². The van der Waals surface area contributed by atoms with Gasteiger partial charge in [-0.05, 0) is 50.9 Å². The molecule has 0 bridgehead atoms. The second kappa shape index (κ2) is 12.1. The van der Waals surface area contributed by atoms with Crippen molar-refractivity contribution >= 4 is 27.4 Å². The number of hydrogen-bond donors (Lipinski definition) is 1. The number of unbranched alkanes of at least 4 members (excludes halogenated alkanes) is 2. The third-order valence-electron chi connectivity index (χ3n) is 6.99. The molecule has 0 atom stereocenters. The highest BCUT2D eigenvalue weighted by molar-refractivity contribution is 7.19. The van der Waals surface area contributed by atoms with Crippen molar-refractivity contribution in [2.45, 2.75) is 32.7 Å². The Morgan fingerprint density at radius 1 is 1.00 bits per heavy atom. The Balaban J connectivity index is 1.30. The van der Waals surface area contributed by atoms with Crippen molar-refractivity contribution in [3.8, 4) is 17.1 Å². The maximum atomic E-state index is 10.0. The maximum absolute atomic E-state index is 10.0. The average molecular weight is 508 g/mol. The SMILES string of the molecule is CC=CCCCCN1CCN(Cc2cc3nc(-c4cccc(O)c4)nc(N4CCOCC4)c3s2)CC1. The van der Waals surface area contributed by atoms with Gasteiger partial charge < -0.3 is 19.6 Å². The monoisotopic (exact) mass is 507 g/mol. The molecule has 2 fully saturated rings. The molecular formula is C28H37N5O2S. The van der Waals surface area contributed by atoms with Gasteiger partial charge in [-0.1, -0.05) is 24.3 Å². The third-order valence-corrected chi connectivity index (χ3v) is 8.10. The molecule has 1 N–H and O–H groups in total. The number of thiophene rings is 1. The van der Waals surface area contributed by atoms with E-state index in [-0.39, 0.29) is 5.75 Å². The molecule has 192 valence electrons. The number of aromatic hydroxyl groups is 1. The van der Waals surface area contributed by atoms with E-state index in [1.54, 1.807) is 12.1 Å². The lowest BCUT2D eigenvalue weighted by Gasteiger charge is -2.34. The molecule has 2 aromatic heterocycles. The lowest BCUT2D eigenvalue weighted by atomic mass is 10.2. The Morgan fingerprint density at radius 2 is 1.81 bits per heavy atom. The first-order valence-electron chi connectivity index (χ1n) is 13.2. The molecule has 0 spiro atoms. The van der Waals surface area contributed by atoms with Crippen LogP contribution in [0.25, 0.3) is 21.6 Å². The zero-order chi connectivity index (χ0) is 24.7. The van der Waals surface area contributed by atoms with E-state index in [1.165, 1.54) is 30.7 Å². The van der Waals surface area contributed by atoms with Crippen LogP contribution >= 0.6 is 11.3 Å². The van der Waals surface area contributed by atoms with Gasteiger partial charge in [0.25, 0.3) is 0 Å². The van der Waals surface area contributed by atoms with E-state index in [0.717, 1.165) is 67.4 Å². The van der Waals surface area contributed by atoms with E-state index in [9.17, 15) is 5.11 Å². The lowest BCUT2D eigenvalue weighted by molar-refractivity contribution is 0.122. The summed E-state index contributed by atoms with van der Waals surface area (Å²) in [5.74, 6) is 1.87. The predicted molar refractivity (Wildman–Crippen MR) is 148 cm³/mol. The number of piperazine rings is 1. The fourth-order valence-electron chi connectivity index (χ4n) is 4.96. The minimum atomic E-state index is 0.229. The van der Waals surface area contributed by atoms with Crippen molar-refractivity contribution in [1.29, 1.82) is 0 Å². The zero-order valence-electron chi connectivity index (χ0n) is 21.2. The Hall–Kier alpha value is -2.52. The van der Waals surface area contributed by atoms with Crippen molar-refractivity contribution < 1.29 is 9.84 Å². The number of aromatic nitrogens is 2. The summed E-state index contributed by atoms with van der Waals surface area (Å²) in [6.07, 6.45) is 8.18. The minimum absolute atomic E-state index is 0.229. The van der Waals surface area contributed by atoms with Gasteiger partial charge in [0.1, 0.15) is 5.75 Å². The number of phenols is 1. The van der Waals surface area contributed by atoms with E-state index < -0.39 is 0 Å². The summed E-state index contributed by atoms with van der Waals surface area (Å²) in [7, 11) is 0. The summed E-state index contributed by atoms with van der Waals surface area (Å²) in [4.78, 5) is 18.7. The molecule has 7 nitrogen and oxygen atoms in total. The summed E-state index contributed by atoms with van der Waals surface area (Å²) < 4.78 is 6.74. The summed E-state index contributed by atoms with van der Waals surface area (Å²) in [6, 6.07) is 9.45. The highest BCUT2D eigenvalue weighted by atomic mass is 32.1. The molecule has 8 heteroatoms. The second-order valence-corrected chi connectivity index (χ2v) is 10.8. The first kappa shape index (κ1) is 25.1. The molecular weight excluding hydrogens is 470 g/mol. The standard InChI is InChI=1S/C28H37N5O2S/c1-2-3-4-5-6-10-31-11-13-32(14-12-31)21-24-20-25-26(36-24)28(33-15-17-35-18-16-33)30-27(29-25)22-8-7-9-23(34)19-22/h2-3,7-9,19-20,34H,4-6,10-18,21H2,1H3. The number of morpholine rings is 1. The van der Waals surface area contributed by atoms with Gasteiger partial charge >= 0.3 is 0 Å². The Morgan fingerprint density at radius 3 is 2.58 bits per heavy atom. The molecule has 0 unspecified atom stereocenters. The van der Waals surface area contributed by atoms with Gasteiger partial charge in [-0.15, -0.1) is 11.3 Å². The van der Waals surface area contributed by atoms with Gasteiger partial charge in [0.15, 0.2) is 11.6 Å². The number of rotatable bonds is 9. The van der Waals surface area contributed by atoms with Crippen molar-refractivity contribution in [1.82, 2.24) is 19.8 Å². The van der Waals surface area contributed by atoms with Crippen LogP contribution < -0.4 is 4.90 Å². The number of anilines is 1. The number of phenolic OH excluding ortho intramolecular Hbond substituents is 1. The highest BCUT2D eigenvalue weighted by Gasteiger charge is 2.22. The van der Waals surface area contributed by atoms with Crippen LogP contribution in [0.3, 0.4) is 0 Å². The van der Waals surface area contributed by atoms with E-state index in [0.29, 0.717) is 19.0 Å². The summed E-state index contributed by atoms with van der Waals surface area (Å²) >= 11 is 1.82. The van der Waals surface area contributed by atoms with Crippen LogP contribution in [0.2, 0.25) is 0 Å². The molecule has 0 amide bonds. The van der Waals surface area contributed by atoms with Gasteiger partial charge in [-0.3, -0.25) is 4.90 Å². The fourth-order valence-corrected chi connectivity index (χ4v) is 6.12. The summed E-state index contributed by atoms with van der Waals surface area (Å²) in [5, 5.41) is 10.0. The minimum Gasteiger partial charge on any atom is -0.508 e. The van der Waals surface area contributed by atoms with Crippen molar-refractivity contribution in [3.63, 3.8) is 0 Å². The van der Waals surface area contributed by atoms with Gasteiger partial charge in [-0.2, -0.15) is 0 Å². The summed E-state index contributed by atoms with van der Waals surface area (Å²) in [6.45, 7) is 11.9. The number of fused-ring (bicyclic) bond motifs is 1. The molecule has 5 rings (SSSR count). The largest absolute Gasteiger partial charge is 0.508 e. The van der Waals surface area contributed by atoms with E-state index in [1.807, 2.05) is 23.5 Å². The molecule has 0 aliphatic carbocycles. The maximum Gasteiger partial charge on any atom is 0.162 e. The molecule has 36 heavy (non-hydrogen) atoms. The topological polar surface area (TPSA) is 65.0 Å². The Bertz CT molecular complexity index is 1170. The van der Waals surface area contributed by atoms with Crippen molar-refractivity contribution in [3.05, 3.63) is 47.4 Å². The third kappa shape index (κ3) is 6.24. The molecule has 2 aliphatic heterocycles. The first-order valence-corrected chi connectivity index (χ1v) is 14.0. The number of hydrogen-bond acceptors (Lipinski definition) is 8. The molecule has 1 aromatic carbocycles. The molecule has 0 saturated carbocycles. The molecule has 0 radical (unpaired) electrons. The lowest BCUT2D eigenvalue weighted by Crippen LogP contribution is -2.45. The normalized spacial score (nSPS) is 18.0. The second-order valence-electron chi connectivity index (χ2n) is 9.63. The smallest absolute Gasteiger partial charge is 0.162 e. The zero-order valence-corrected chi connectivity index (χ0v) is 22.1. The van der Waals surface area contributed by atoms with Gasteiger partial charge in [0.2, 0.25) is 0 Å². The average Bonchev–Trinajstić information content (AvgIpc) is 3.32. The van der Waals surface area contributed by atoms with E-state index in [4.69, 9.17) is 14.7 Å². The van der Waals surface area contributed by atoms with E-state index in [2.05, 4.69) is 39.8 Å². The molecule has 4 heterocycles. The van der Waals surface area contributed by atoms with Gasteiger partial charge in [0, 0.05) is 56.3 Å². The highest BCUT2D eigenvalue weighted by Crippen LogP contribution is 2.35. The van der Waals surface area contributed by atoms with Crippen LogP contribution in [0, 0.1) is 0 Å². The Kier molecular flexibility index (Phi) is 8.48. The van der Waals surface area contributed by atoms with Gasteiger partial charge in [-0.25, -0.2) is 9.97 Å². The molecule has 2 aliphatic rings. The van der Waals surface area contributed by atoms with Crippen LogP contribution in [0.5, 0.6) is 5.75 Å². The van der Waals surface area contributed by atoms with Gasteiger partial charge in [0.05, 0.1) is 23.4 Å². The van der Waals surface area contributed by atoms with Crippen LogP contribution in [-0.2, 0) is 11.3 Å². The number of benzene rings is 1.